The van der Waals surface area contributed by atoms with Gasteiger partial charge in [0.05, 0.1) is 23.1 Å². The molecule has 2 unspecified atom stereocenters. The first-order chi connectivity index (χ1) is 10.3. The van der Waals surface area contributed by atoms with Crippen LogP contribution in [-0.4, -0.2) is 34.7 Å². The third-order valence-electron chi connectivity index (χ3n) is 4.36. The van der Waals surface area contributed by atoms with Gasteiger partial charge >= 0.3 is 6.18 Å². The summed E-state index contributed by atoms with van der Waals surface area (Å²) in [7, 11) is 0. The lowest BCUT2D eigenvalue weighted by atomic mass is 9.71. The molecule has 0 saturated carbocycles. The van der Waals surface area contributed by atoms with Crippen LogP contribution in [0.3, 0.4) is 0 Å². The van der Waals surface area contributed by atoms with Gasteiger partial charge in [-0.05, 0) is 24.5 Å². The average Bonchev–Trinajstić information content (AvgIpc) is 2.69. The maximum atomic E-state index is 12.7. The van der Waals surface area contributed by atoms with Crippen LogP contribution in [0.4, 0.5) is 13.2 Å². The van der Waals surface area contributed by atoms with Crippen molar-refractivity contribution in [2.75, 3.05) is 6.54 Å². The molecule has 0 aromatic carbocycles. The molecule has 3 rings (SSSR count). The molecule has 0 N–H and O–H groups in total. The van der Waals surface area contributed by atoms with Crippen molar-refractivity contribution in [1.82, 2.24) is 9.88 Å². The number of pyridine rings is 1. The zero-order valence-corrected chi connectivity index (χ0v) is 12.3. The van der Waals surface area contributed by atoms with E-state index in [2.05, 4.69) is 11.1 Å². The Bertz CT molecular complexity index is 634. The largest absolute Gasteiger partial charge is 0.401 e. The van der Waals surface area contributed by atoms with Gasteiger partial charge in [-0.25, -0.2) is 0 Å². The number of piperidine rings is 1. The monoisotopic (exact) mass is 327 g/mol. The van der Waals surface area contributed by atoms with Gasteiger partial charge in [0, 0.05) is 24.5 Å². The molecule has 0 aliphatic carbocycles. The zero-order valence-electron chi connectivity index (χ0n) is 11.5. The third kappa shape index (κ3) is 2.71. The molecule has 1 aromatic rings. The van der Waals surface area contributed by atoms with Crippen molar-refractivity contribution in [1.29, 1.82) is 5.26 Å². The van der Waals surface area contributed by atoms with Gasteiger partial charge in [-0.15, -0.1) is 0 Å². The average molecular weight is 328 g/mol. The fraction of sp³-hybridized carbons (Fsp3) is 0.467. The lowest BCUT2D eigenvalue weighted by Crippen LogP contribution is -2.52. The van der Waals surface area contributed by atoms with Crippen molar-refractivity contribution in [3.05, 3.63) is 41.2 Å². The molecule has 7 heteroatoms. The standard InChI is InChI=1S/C15H13ClF3N3/c16-11-3-10(6-21-7-11)14(8-20)4-12-1-2-13(5-14)22(12)9-15(17,18)19/h1-3,6-7,12-13H,4-5,9H2. The van der Waals surface area contributed by atoms with Crippen LogP contribution in [0, 0.1) is 11.3 Å². The number of aromatic nitrogens is 1. The van der Waals surface area contributed by atoms with E-state index in [1.165, 1.54) is 11.1 Å². The van der Waals surface area contributed by atoms with Gasteiger partial charge in [-0.1, -0.05) is 23.8 Å². The van der Waals surface area contributed by atoms with Crippen LogP contribution in [0.25, 0.3) is 0 Å². The summed E-state index contributed by atoms with van der Waals surface area (Å²) in [6.07, 6.45) is 2.98. The Kier molecular flexibility index (Phi) is 3.66. The van der Waals surface area contributed by atoms with Gasteiger partial charge in [0.15, 0.2) is 0 Å². The second-order valence-electron chi connectivity index (χ2n) is 5.80. The molecule has 1 saturated heterocycles. The van der Waals surface area contributed by atoms with Crippen LogP contribution < -0.4 is 0 Å². The molecule has 1 fully saturated rings. The minimum Gasteiger partial charge on any atom is -0.282 e. The van der Waals surface area contributed by atoms with E-state index in [1.807, 2.05) is 0 Å². The van der Waals surface area contributed by atoms with Crippen molar-refractivity contribution in [2.24, 2.45) is 0 Å². The van der Waals surface area contributed by atoms with Gasteiger partial charge in [0.2, 0.25) is 0 Å². The first-order valence-electron chi connectivity index (χ1n) is 6.86. The molecule has 0 radical (unpaired) electrons. The van der Waals surface area contributed by atoms with Gasteiger partial charge < -0.3 is 0 Å². The van der Waals surface area contributed by atoms with E-state index in [-0.39, 0.29) is 12.1 Å². The van der Waals surface area contributed by atoms with E-state index in [0.717, 1.165) is 0 Å². The summed E-state index contributed by atoms with van der Waals surface area (Å²) in [5.41, 5.74) is -0.174. The topological polar surface area (TPSA) is 39.9 Å². The summed E-state index contributed by atoms with van der Waals surface area (Å²) in [6.45, 7) is -0.954. The second kappa shape index (κ2) is 5.25. The smallest absolute Gasteiger partial charge is 0.282 e. The van der Waals surface area contributed by atoms with Crippen LogP contribution in [0.1, 0.15) is 18.4 Å². The summed E-state index contributed by atoms with van der Waals surface area (Å²) in [5.74, 6) is 0. The SMILES string of the molecule is N#CC1(c2cncc(Cl)c2)CC2C=CC(C1)N2CC(F)(F)F. The lowest BCUT2D eigenvalue weighted by Gasteiger charge is -2.43. The quantitative estimate of drug-likeness (QED) is 0.781. The minimum absolute atomic E-state index is 0.314. The molecule has 2 bridgehead atoms. The number of nitrogens with zero attached hydrogens (tertiary/aromatic N) is 3. The van der Waals surface area contributed by atoms with Crippen LogP contribution in [0.15, 0.2) is 30.6 Å². The molecule has 22 heavy (non-hydrogen) atoms. The van der Waals surface area contributed by atoms with E-state index in [9.17, 15) is 18.4 Å². The normalized spacial score (nSPS) is 31.2. The molecule has 1 aromatic heterocycles. The highest BCUT2D eigenvalue weighted by Crippen LogP contribution is 2.45. The van der Waals surface area contributed by atoms with E-state index in [0.29, 0.717) is 23.4 Å². The van der Waals surface area contributed by atoms with Gasteiger partial charge in [-0.2, -0.15) is 18.4 Å². The fourth-order valence-electron chi connectivity index (χ4n) is 3.40. The first kappa shape index (κ1) is 15.3. The number of hydrogen-bond donors (Lipinski definition) is 0. The number of hydrogen-bond acceptors (Lipinski definition) is 3. The minimum atomic E-state index is -4.24. The van der Waals surface area contributed by atoms with Crippen molar-refractivity contribution in [3.8, 4) is 6.07 Å². The molecule has 3 nitrogen and oxygen atoms in total. The summed E-state index contributed by atoms with van der Waals surface area (Å²) < 4.78 is 38.1. The van der Waals surface area contributed by atoms with Crippen LogP contribution in [0.2, 0.25) is 5.02 Å². The molecular weight excluding hydrogens is 315 g/mol. The first-order valence-corrected chi connectivity index (χ1v) is 7.24. The Labute approximate surface area is 131 Å². The molecule has 2 aliphatic rings. The van der Waals surface area contributed by atoms with Crippen molar-refractivity contribution in [3.63, 3.8) is 0 Å². The molecule has 0 spiro atoms. The predicted octanol–water partition coefficient (Wildman–Crippen LogP) is 3.46. The Morgan fingerprint density at radius 3 is 2.45 bits per heavy atom. The summed E-state index contributed by atoms with van der Waals surface area (Å²) >= 11 is 5.94. The highest BCUT2D eigenvalue weighted by molar-refractivity contribution is 6.30. The predicted molar refractivity (Wildman–Crippen MR) is 75.2 cm³/mol. The molecule has 2 atom stereocenters. The molecule has 116 valence electrons. The number of alkyl halides is 3. The number of nitriles is 1. The second-order valence-corrected chi connectivity index (χ2v) is 6.24. The zero-order chi connectivity index (χ0) is 16.0. The van der Waals surface area contributed by atoms with Crippen molar-refractivity contribution in [2.45, 2.75) is 36.5 Å². The Balaban J connectivity index is 1.89. The summed E-state index contributed by atoms with van der Waals surface area (Å²) in [6, 6.07) is 3.20. The number of fused-ring (bicyclic) bond motifs is 2. The summed E-state index contributed by atoms with van der Waals surface area (Å²) in [4.78, 5) is 5.41. The van der Waals surface area contributed by atoms with E-state index in [4.69, 9.17) is 11.6 Å². The van der Waals surface area contributed by atoms with E-state index >= 15 is 0 Å². The van der Waals surface area contributed by atoms with E-state index < -0.39 is 18.1 Å². The Hall–Kier alpha value is -1.58. The highest BCUT2D eigenvalue weighted by Gasteiger charge is 2.50. The van der Waals surface area contributed by atoms with E-state index in [1.54, 1.807) is 24.4 Å². The fourth-order valence-corrected chi connectivity index (χ4v) is 3.57. The van der Waals surface area contributed by atoms with Crippen molar-refractivity contribution < 1.29 is 13.2 Å². The van der Waals surface area contributed by atoms with Crippen LogP contribution >= 0.6 is 11.6 Å². The van der Waals surface area contributed by atoms with Gasteiger partial charge in [-0.3, -0.25) is 9.88 Å². The summed E-state index contributed by atoms with van der Waals surface area (Å²) in [5, 5.41) is 10.1. The van der Waals surface area contributed by atoms with Crippen LogP contribution in [0.5, 0.6) is 0 Å². The molecular formula is C15H13ClF3N3. The molecule has 2 aliphatic heterocycles. The number of rotatable bonds is 2. The Morgan fingerprint density at radius 1 is 1.32 bits per heavy atom. The van der Waals surface area contributed by atoms with Crippen molar-refractivity contribution >= 4 is 11.6 Å². The molecule has 0 amide bonds. The maximum Gasteiger partial charge on any atom is 0.401 e. The molecule has 3 heterocycles. The Morgan fingerprint density at radius 2 is 1.95 bits per heavy atom. The third-order valence-corrected chi connectivity index (χ3v) is 4.56. The van der Waals surface area contributed by atoms with Crippen LogP contribution in [-0.2, 0) is 5.41 Å². The number of halogens is 4. The van der Waals surface area contributed by atoms with Gasteiger partial charge in [0.25, 0.3) is 0 Å². The maximum absolute atomic E-state index is 12.7. The lowest BCUT2D eigenvalue weighted by molar-refractivity contribution is -0.155. The van der Waals surface area contributed by atoms with Gasteiger partial charge in [0.1, 0.15) is 0 Å². The highest BCUT2D eigenvalue weighted by atomic mass is 35.5.